The molecule has 2 aromatic carbocycles. The molecular formula is C30H25ClN6O3S2. The zero-order chi connectivity index (χ0) is 29.1. The minimum Gasteiger partial charge on any atom is -0.459 e. The minimum atomic E-state index is -0.374. The quantitative estimate of drug-likeness (QED) is 0.195. The summed E-state index contributed by atoms with van der Waals surface area (Å²) in [6.45, 7) is 2.13. The fraction of sp³-hybridized carbons (Fsp3) is 0.167. The van der Waals surface area contributed by atoms with Crippen molar-refractivity contribution in [3.63, 3.8) is 0 Å². The highest BCUT2D eigenvalue weighted by atomic mass is 35.5. The maximum atomic E-state index is 13.7. The molecule has 3 aromatic heterocycles. The van der Waals surface area contributed by atoms with Crippen molar-refractivity contribution in [3.8, 4) is 5.69 Å². The zero-order valence-corrected chi connectivity index (χ0v) is 24.8. The Balaban J connectivity index is 1.24. The summed E-state index contributed by atoms with van der Waals surface area (Å²) in [5.74, 6) is 0.233. The molecule has 12 heteroatoms. The zero-order valence-electron chi connectivity index (χ0n) is 22.4. The highest BCUT2D eigenvalue weighted by molar-refractivity contribution is 7.99. The Hall–Kier alpha value is -4.19. The molecule has 5 aromatic rings. The predicted molar refractivity (Wildman–Crippen MR) is 163 cm³/mol. The molecule has 0 fully saturated rings. The number of carbonyl (C=O) groups is 2. The number of thioether (sulfide) groups is 1. The van der Waals surface area contributed by atoms with E-state index in [2.05, 4.69) is 39.8 Å². The average molecular weight is 617 g/mol. The van der Waals surface area contributed by atoms with Crippen LogP contribution in [0.4, 0.5) is 0 Å². The van der Waals surface area contributed by atoms with Gasteiger partial charge in [0, 0.05) is 11.4 Å². The molecule has 1 aliphatic heterocycles. The molecule has 0 saturated carbocycles. The molecule has 0 unspecified atom stereocenters. The SMILES string of the molecule is Cc1ccc([C@@H]2CC(c3cccs3)=NN2C(=O)CSc2nnc(CNC(=O)c3ccco3)n2-c2cccc(Cl)c2)cc1. The van der Waals surface area contributed by atoms with Crippen LogP contribution in [0.2, 0.25) is 5.02 Å². The maximum Gasteiger partial charge on any atom is 0.287 e. The van der Waals surface area contributed by atoms with Crippen LogP contribution in [0.1, 0.15) is 44.8 Å². The number of nitrogens with one attached hydrogen (secondary N) is 1. The van der Waals surface area contributed by atoms with Crippen LogP contribution in [0.15, 0.2) is 99.1 Å². The molecule has 0 bridgehead atoms. The number of rotatable bonds is 9. The van der Waals surface area contributed by atoms with Gasteiger partial charge in [-0.25, -0.2) is 5.01 Å². The van der Waals surface area contributed by atoms with E-state index in [-0.39, 0.29) is 35.9 Å². The number of hydrazone groups is 1. The number of furan rings is 1. The van der Waals surface area contributed by atoms with Gasteiger partial charge in [-0.15, -0.1) is 21.5 Å². The van der Waals surface area contributed by atoms with Crippen molar-refractivity contribution in [1.82, 2.24) is 25.1 Å². The Morgan fingerprint density at radius 3 is 2.69 bits per heavy atom. The minimum absolute atomic E-state index is 0.0844. The predicted octanol–water partition coefficient (Wildman–Crippen LogP) is 6.28. The standard InChI is InChI=1S/C30H25ClN6O3S2/c1-19-9-11-20(12-10-19)24-16-23(26-8-4-14-41-26)35-37(24)28(38)18-42-30-34-33-27(17-32-29(39)25-7-3-13-40-25)36(30)22-6-2-5-21(31)15-22/h2-15,24H,16-18H2,1H3,(H,32,39)/t24-/m0/s1. The third-order valence-electron chi connectivity index (χ3n) is 6.68. The number of hydrogen-bond acceptors (Lipinski definition) is 8. The highest BCUT2D eigenvalue weighted by Gasteiger charge is 2.33. The van der Waals surface area contributed by atoms with Crippen molar-refractivity contribution in [2.45, 2.75) is 31.1 Å². The highest BCUT2D eigenvalue weighted by Crippen LogP contribution is 2.35. The van der Waals surface area contributed by atoms with Crippen LogP contribution in [0.3, 0.4) is 0 Å². The Labute approximate surface area is 255 Å². The van der Waals surface area contributed by atoms with Crippen LogP contribution in [0.5, 0.6) is 0 Å². The number of aromatic nitrogens is 3. The van der Waals surface area contributed by atoms with E-state index in [1.807, 2.05) is 36.6 Å². The Morgan fingerprint density at radius 1 is 1.10 bits per heavy atom. The first-order valence-corrected chi connectivity index (χ1v) is 15.4. The Morgan fingerprint density at radius 2 is 1.95 bits per heavy atom. The molecular weight excluding hydrogens is 592 g/mol. The van der Waals surface area contributed by atoms with Crippen LogP contribution in [0, 0.1) is 6.92 Å². The van der Waals surface area contributed by atoms with Gasteiger partial charge in [0.2, 0.25) is 0 Å². The van der Waals surface area contributed by atoms with E-state index in [1.165, 1.54) is 18.0 Å². The maximum absolute atomic E-state index is 13.7. The Bertz CT molecular complexity index is 1730. The van der Waals surface area contributed by atoms with Gasteiger partial charge in [-0.1, -0.05) is 65.3 Å². The van der Waals surface area contributed by atoms with E-state index in [9.17, 15) is 9.59 Å². The van der Waals surface area contributed by atoms with Gasteiger partial charge in [0.15, 0.2) is 16.7 Å². The van der Waals surface area contributed by atoms with Crippen LogP contribution in [0.25, 0.3) is 5.69 Å². The summed E-state index contributed by atoms with van der Waals surface area (Å²) in [5.41, 5.74) is 3.79. The van der Waals surface area contributed by atoms with Gasteiger partial charge in [-0.3, -0.25) is 14.2 Å². The molecule has 0 radical (unpaired) electrons. The summed E-state index contributed by atoms with van der Waals surface area (Å²) in [6, 6.07) is 22.5. The van der Waals surface area contributed by atoms with Gasteiger partial charge in [-0.2, -0.15) is 5.10 Å². The number of nitrogens with zero attached hydrogens (tertiary/aromatic N) is 5. The van der Waals surface area contributed by atoms with Crippen LogP contribution in [-0.2, 0) is 11.3 Å². The molecule has 1 atom stereocenters. The largest absolute Gasteiger partial charge is 0.459 e. The second-order valence-electron chi connectivity index (χ2n) is 9.56. The van der Waals surface area contributed by atoms with E-state index >= 15 is 0 Å². The van der Waals surface area contributed by atoms with Crippen molar-refractivity contribution in [3.05, 3.63) is 117 Å². The number of halogens is 1. The van der Waals surface area contributed by atoms with Crippen LogP contribution in [-0.4, -0.2) is 43.1 Å². The molecule has 2 amide bonds. The summed E-state index contributed by atoms with van der Waals surface area (Å²) >= 11 is 9.16. The summed E-state index contributed by atoms with van der Waals surface area (Å²) in [4.78, 5) is 27.2. The Kier molecular flexibility index (Phi) is 8.22. The summed E-state index contributed by atoms with van der Waals surface area (Å²) in [5, 5.41) is 20.9. The molecule has 6 rings (SSSR count). The van der Waals surface area contributed by atoms with Gasteiger partial charge < -0.3 is 9.73 Å². The molecule has 0 saturated heterocycles. The topological polar surface area (TPSA) is 106 Å². The molecule has 1 aliphatic rings. The lowest BCUT2D eigenvalue weighted by Gasteiger charge is -2.22. The molecule has 0 aliphatic carbocycles. The lowest BCUT2D eigenvalue weighted by atomic mass is 10.00. The third kappa shape index (κ3) is 6.03. The van der Waals surface area contributed by atoms with Gasteiger partial charge in [0.05, 0.1) is 40.9 Å². The van der Waals surface area contributed by atoms with Gasteiger partial charge in [0.25, 0.3) is 11.8 Å². The smallest absolute Gasteiger partial charge is 0.287 e. The lowest BCUT2D eigenvalue weighted by molar-refractivity contribution is -0.130. The van der Waals surface area contributed by atoms with Gasteiger partial charge >= 0.3 is 0 Å². The average Bonchev–Trinajstić information content (AvgIpc) is 3.81. The van der Waals surface area contributed by atoms with Crippen LogP contribution >= 0.6 is 34.7 Å². The normalized spacial score (nSPS) is 14.7. The first-order valence-electron chi connectivity index (χ1n) is 13.1. The summed E-state index contributed by atoms with van der Waals surface area (Å²) in [7, 11) is 0. The number of thiophene rings is 1. The fourth-order valence-corrected chi connectivity index (χ4v) is 6.34. The molecule has 1 N–H and O–H groups in total. The van der Waals surface area contributed by atoms with E-state index in [0.29, 0.717) is 28.1 Å². The van der Waals surface area contributed by atoms with Crippen molar-refractivity contribution in [2.24, 2.45) is 5.10 Å². The van der Waals surface area contributed by atoms with Gasteiger partial charge in [0.1, 0.15) is 0 Å². The number of hydrogen-bond donors (Lipinski definition) is 1. The monoisotopic (exact) mass is 616 g/mol. The summed E-state index contributed by atoms with van der Waals surface area (Å²) in [6.07, 6.45) is 2.07. The third-order valence-corrected chi connectivity index (χ3v) is 8.74. The van der Waals surface area contributed by atoms with Crippen molar-refractivity contribution in [1.29, 1.82) is 0 Å². The van der Waals surface area contributed by atoms with Crippen molar-refractivity contribution >= 4 is 52.2 Å². The van der Waals surface area contributed by atoms with Crippen molar-refractivity contribution in [2.75, 3.05) is 5.75 Å². The molecule has 9 nitrogen and oxygen atoms in total. The van der Waals surface area contributed by atoms with E-state index in [0.717, 1.165) is 21.7 Å². The van der Waals surface area contributed by atoms with E-state index in [4.69, 9.17) is 21.1 Å². The second-order valence-corrected chi connectivity index (χ2v) is 11.9. The number of aryl methyl sites for hydroxylation is 1. The van der Waals surface area contributed by atoms with Crippen LogP contribution < -0.4 is 5.32 Å². The summed E-state index contributed by atoms with van der Waals surface area (Å²) < 4.78 is 6.97. The first kappa shape index (κ1) is 28.0. The van der Waals surface area contributed by atoms with E-state index in [1.54, 1.807) is 45.2 Å². The molecule has 0 spiro atoms. The van der Waals surface area contributed by atoms with Gasteiger partial charge in [-0.05, 0) is 54.3 Å². The first-order chi connectivity index (χ1) is 20.5. The molecule has 4 heterocycles. The number of benzene rings is 2. The molecule has 212 valence electrons. The lowest BCUT2D eigenvalue weighted by Crippen LogP contribution is -2.28. The second kappa shape index (κ2) is 12.4. The number of carbonyl (C=O) groups excluding carboxylic acids is 2. The molecule has 42 heavy (non-hydrogen) atoms. The van der Waals surface area contributed by atoms with E-state index < -0.39 is 0 Å². The number of amides is 2. The van der Waals surface area contributed by atoms with Crippen molar-refractivity contribution < 1.29 is 14.0 Å². The fourth-order valence-electron chi connectivity index (χ4n) is 4.61.